The molecule has 4 aromatic rings. The number of nitrogens with zero attached hydrogens (tertiary/aromatic N) is 3. The zero-order valence-electron chi connectivity index (χ0n) is 18.2. The minimum Gasteiger partial charge on any atom is -0.314 e. The summed E-state index contributed by atoms with van der Waals surface area (Å²) in [4.78, 5) is 17.1. The van der Waals surface area contributed by atoms with E-state index in [1.807, 2.05) is 48.5 Å². The van der Waals surface area contributed by atoms with E-state index in [4.69, 9.17) is 4.98 Å². The molecule has 0 aliphatic heterocycles. The molecule has 0 aliphatic carbocycles. The molecule has 0 atom stereocenters. The van der Waals surface area contributed by atoms with Crippen LogP contribution in [0.2, 0.25) is 0 Å². The first-order chi connectivity index (χ1) is 15.6. The second-order valence-electron chi connectivity index (χ2n) is 7.86. The summed E-state index contributed by atoms with van der Waals surface area (Å²) in [6.45, 7) is 5.03. The Labute approximate surface area is 192 Å². The molecule has 162 valence electrons. The molecule has 0 saturated heterocycles. The monoisotopic (exact) mass is 442 g/mol. The minimum atomic E-state index is -0.164. The van der Waals surface area contributed by atoms with E-state index >= 15 is 0 Å². The Morgan fingerprint density at radius 1 is 1.03 bits per heavy atom. The molecule has 6 heteroatoms. The van der Waals surface area contributed by atoms with Crippen LogP contribution in [-0.4, -0.2) is 27.4 Å². The Morgan fingerprint density at radius 2 is 1.75 bits per heavy atom. The van der Waals surface area contributed by atoms with Crippen molar-refractivity contribution in [2.24, 2.45) is 5.10 Å². The zero-order chi connectivity index (χ0) is 22.3. The third kappa shape index (κ3) is 5.45. The van der Waals surface area contributed by atoms with E-state index in [0.717, 1.165) is 21.8 Å². The lowest BCUT2D eigenvalue weighted by Crippen LogP contribution is -2.20. The summed E-state index contributed by atoms with van der Waals surface area (Å²) in [5.74, 6) is 0.564. The largest absolute Gasteiger partial charge is 0.314 e. The molecule has 1 N–H and O–H groups in total. The molecule has 0 unspecified atom stereocenters. The first kappa shape index (κ1) is 21.8. The molecule has 32 heavy (non-hydrogen) atoms. The fraction of sp³-hybridized carbons (Fsp3) is 0.192. The van der Waals surface area contributed by atoms with Crippen LogP contribution < -0.4 is 5.43 Å². The van der Waals surface area contributed by atoms with E-state index in [1.165, 1.54) is 22.9 Å². The average molecular weight is 443 g/mol. The fourth-order valence-electron chi connectivity index (χ4n) is 3.39. The summed E-state index contributed by atoms with van der Waals surface area (Å²) >= 11 is 1.42. The Bertz CT molecular complexity index is 1210. The summed E-state index contributed by atoms with van der Waals surface area (Å²) < 4.78 is 2.15. The van der Waals surface area contributed by atoms with Gasteiger partial charge in [-0.15, -0.1) is 0 Å². The van der Waals surface area contributed by atoms with Gasteiger partial charge in [0.25, 0.3) is 5.91 Å². The van der Waals surface area contributed by atoms with Gasteiger partial charge in [0.05, 0.1) is 29.5 Å². The SMILES string of the molecule is CC(C)c1ccc(/C=N\NC(=O)CSc2nc3ccccc3n2Cc2ccccc2)cc1. The van der Waals surface area contributed by atoms with Crippen molar-refractivity contribution in [3.63, 3.8) is 0 Å². The molecule has 4 rings (SSSR count). The Balaban J connectivity index is 1.40. The summed E-state index contributed by atoms with van der Waals surface area (Å²) in [5.41, 5.74) is 8.02. The van der Waals surface area contributed by atoms with Crippen LogP contribution in [0.4, 0.5) is 0 Å². The number of hydrogen-bond donors (Lipinski definition) is 1. The van der Waals surface area contributed by atoms with Gasteiger partial charge in [-0.3, -0.25) is 4.79 Å². The van der Waals surface area contributed by atoms with Gasteiger partial charge in [-0.05, 0) is 34.7 Å². The van der Waals surface area contributed by atoms with Gasteiger partial charge in [-0.2, -0.15) is 5.10 Å². The predicted octanol–water partition coefficient (Wildman–Crippen LogP) is 5.45. The quantitative estimate of drug-likeness (QED) is 0.224. The van der Waals surface area contributed by atoms with Crippen molar-refractivity contribution in [2.45, 2.75) is 31.5 Å². The number of rotatable bonds is 8. The molecule has 0 bridgehead atoms. The Morgan fingerprint density at radius 3 is 2.50 bits per heavy atom. The smallest absolute Gasteiger partial charge is 0.250 e. The predicted molar refractivity (Wildman–Crippen MR) is 132 cm³/mol. The van der Waals surface area contributed by atoms with E-state index in [-0.39, 0.29) is 11.7 Å². The number of amides is 1. The molecular formula is C26H26N4OS. The lowest BCUT2D eigenvalue weighted by molar-refractivity contribution is -0.118. The summed E-state index contributed by atoms with van der Waals surface area (Å²) in [6, 6.07) is 26.5. The van der Waals surface area contributed by atoms with Crippen LogP contribution in [0.5, 0.6) is 0 Å². The Hall–Kier alpha value is -3.38. The van der Waals surface area contributed by atoms with Gasteiger partial charge in [0, 0.05) is 0 Å². The first-order valence-electron chi connectivity index (χ1n) is 10.6. The van der Waals surface area contributed by atoms with Crippen LogP contribution in [0.15, 0.2) is 89.1 Å². The van der Waals surface area contributed by atoms with E-state index in [1.54, 1.807) is 6.21 Å². The lowest BCUT2D eigenvalue weighted by Gasteiger charge is -2.09. The van der Waals surface area contributed by atoms with Gasteiger partial charge in [0.15, 0.2) is 5.16 Å². The highest BCUT2D eigenvalue weighted by atomic mass is 32.2. The molecule has 3 aromatic carbocycles. The van der Waals surface area contributed by atoms with Gasteiger partial charge >= 0.3 is 0 Å². The molecule has 0 radical (unpaired) electrons. The third-order valence-electron chi connectivity index (χ3n) is 5.14. The highest BCUT2D eigenvalue weighted by molar-refractivity contribution is 7.99. The van der Waals surface area contributed by atoms with Crippen LogP contribution >= 0.6 is 11.8 Å². The van der Waals surface area contributed by atoms with Crippen LogP contribution in [-0.2, 0) is 11.3 Å². The third-order valence-corrected chi connectivity index (χ3v) is 6.12. The maximum absolute atomic E-state index is 12.4. The molecule has 1 amide bonds. The number of benzene rings is 3. The zero-order valence-corrected chi connectivity index (χ0v) is 19.0. The van der Waals surface area contributed by atoms with Gasteiger partial charge in [-0.1, -0.05) is 92.3 Å². The molecule has 0 fully saturated rings. The number of thioether (sulfide) groups is 1. The van der Waals surface area contributed by atoms with Crippen molar-refractivity contribution < 1.29 is 4.79 Å². The van der Waals surface area contributed by atoms with E-state index in [9.17, 15) is 4.79 Å². The molecule has 0 spiro atoms. The number of fused-ring (bicyclic) bond motifs is 1. The van der Waals surface area contributed by atoms with Crippen molar-refractivity contribution >= 4 is 34.9 Å². The second-order valence-corrected chi connectivity index (χ2v) is 8.80. The van der Waals surface area contributed by atoms with Crippen molar-refractivity contribution in [3.8, 4) is 0 Å². The summed E-state index contributed by atoms with van der Waals surface area (Å²) in [7, 11) is 0. The first-order valence-corrected chi connectivity index (χ1v) is 11.6. The molecular weight excluding hydrogens is 416 g/mol. The standard InChI is InChI=1S/C26H26N4OS/c1-19(2)22-14-12-20(13-15-22)16-27-29-25(31)18-32-26-28-23-10-6-7-11-24(23)30(26)17-21-8-4-3-5-9-21/h3-16,19H,17-18H2,1-2H3,(H,29,31)/b27-16-. The van der Waals surface area contributed by atoms with E-state index in [0.29, 0.717) is 12.5 Å². The molecule has 1 heterocycles. The highest BCUT2D eigenvalue weighted by Crippen LogP contribution is 2.25. The molecule has 0 saturated carbocycles. The van der Waals surface area contributed by atoms with Crippen molar-refractivity contribution in [2.75, 3.05) is 5.75 Å². The Kier molecular flexibility index (Phi) is 7.02. The van der Waals surface area contributed by atoms with Crippen LogP contribution in [0.3, 0.4) is 0 Å². The van der Waals surface area contributed by atoms with Crippen molar-refractivity contribution in [3.05, 3.63) is 95.6 Å². The van der Waals surface area contributed by atoms with E-state index in [2.05, 4.69) is 59.3 Å². The number of carbonyl (C=O) groups excluding carboxylic acids is 1. The molecule has 1 aromatic heterocycles. The maximum Gasteiger partial charge on any atom is 0.250 e. The molecule has 5 nitrogen and oxygen atoms in total. The number of nitrogens with one attached hydrogen (secondary N) is 1. The van der Waals surface area contributed by atoms with Crippen molar-refractivity contribution in [1.29, 1.82) is 0 Å². The summed E-state index contributed by atoms with van der Waals surface area (Å²) in [6.07, 6.45) is 1.66. The average Bonchev–Trinajstić information content (AvgIpc) is 3.16. The number of para-hydroxylation sites is 2. The minimum absolute atomic E-state index is 0.164. The highest BCUT2D eigenvalue weighted by Gasteiger charge is 2.13. The van der Waals surface area contributed by atoms with Crippen molar-refractivity contribution in [1.82, 2.24) is 15.0 Å². The van der Waals surface area contributed by atoms with Gasteiger partial charge in [0.1, 0.15) is 0 Å². The summed E-state index contributed by atoms with van der Waals surface area (Å²) in [5, 5.41) is 4.91. The molecule has 0 aliphatic rings. The lowest BCUT2D eigenvalue weighted by atomic mass is 10.0. The number of carbonyl (C=O) groups is 1. The maximum atomic E-state index is 12.4. The van der Waals surface area contributed by atoms with Crippen LogP contribution in [0.1, 0.15) is 36.5 Å². The van der Waals surface area contributed by atoms with Crippen LogP contribution in [0.25, 0.3) is 11.0 Å². The fourth-order valence-corrected chi connectivity index (χ4v) is 4.20. The second kappa shape index (κ2) is 10.3. The number of imidazole rings is 1. The van der Waals surface area contributed by atoms with Gasteiger partial charge in [0.2, 0.25) is 0 Å². The van der Waals surface area contributed by atoms with Gasteiger partial charge in [-0.25, -0.2) is 10.4 Å². The number of hydrazone groups is 1. The normalized spacial score (nSPS) is 11.5. The van der Waals surface area contributed by atoms with Gasteiger partial charge < -0.3 is 4.57 Å². The number of aromatic nitrogens is 2. The number of hydrogen-bond acceptors (Lipinski definition) is 4. The van der Waals surface area contributed by atoms with Crippen LogP contribution in [0, 0.1) is 0 Å². The van der Waals surface area contributed by atoms with E-state index < -0.39 is 0 Å². The topological polar surface area (TPSA) is 59.3 Å².